The van der Waals surface area contributed by atoms with E-state index in [0.717, 1.165) is 22.9 Å². The summed E-state index contributed by atoms with van der Waals surface area (Å²) in [5.41, 5.74) is 7.27. The van der Waals surface area contributed by atoms with Crippen LogP contribution in [0.3, 0.4) is 0 Å². The van der Waals surface area contributed by atoms with Gasteiger partial charge in [0, 0.05) is 42.0 Å². The molecule has 19 heavy (non-hydrogen) atoms. The van der Waals surface area contributed by atoms with Crippen LogP contribution in [0.25, 0.3) is 0 Å². The fraction of sp³-hybridized carbons (Fsp3) is 0.667. The molecule has 106 valence electrons. The predicted octanol–water partition coefficient (Wildman–Crippen LogP) is 3.21. The third-order valence-electron chi connectivity index (χ3n) is 4.38. The minimum Gasteiger partial charge on any atom is -0.329 e. The molecule has 1 aromatic rings. The van der Waals surface area contributed by atoms with Crippen molar-refractivity contribution in [3.05, 3.63) is 28.5 Å². The number of piperidine rings is 1. The Morgan fingerprint density at radius 2 is 2.16 bits per heavy atom. The zero-order valence-electron chi connectivity index (χ0n) is 12.0. The molecule has 4 atom stereocenters. The molecule has 4 unspecified atom stereocenters. The van der Waals surface area contributed by atoms with Crippen molar-refractivity contribution in [2.45, 2.75) is 39.3 Å². The molecule has 2 N–H and O–H groups in total. The normalized spacial score (nSPS) is 30.3. The first kappa shape index (κ1) is 14.9. The number of likely N-dealkylation sites (tertiary alicyclic amines) is 1. The highest BCUT2D eigenvalue weighted by molar-refractivity contribution is 9.10. The summed E-state index contributed by atoms with van der Waals surface area (Å²) in [5.74, 6) is 1.46. The molecule has 0 saturated carbocycles. The van der Waals surface area contributed by atoms with E-state index in [0.29, 0.717) is 12.6 Å². The van der Waals surface area contributed by atoms with E-state index in [1.807, 2.05) is 12.4 Å². The summed E-state index contributed by atoms with van der Waals surface area (Å²) in [5, 5.41) is 0. The third-order valence-corrected chi connectivity index (χ3v) is 4.81. The molecule has 0 amide bonds. The van der Waals surface area contributed by atoms with E-state index in [4.69, 9.17) is 5.73 Å². The summed E-state index contributed by atoms with van der Waals surface area (Å²) < 4.78 is 1.02. The molecule has 0 radical (unpaired) electrons. The largest absolute Gasteiger partial charge is 0.329 e. The van der Waals surface area contributed by atoms with Gasteiger partial charge in [0.25, 0.3) is 0 Å². The maximum Gasteiger partial charge on any atom is 0.0489 e. The van der Waals surface area contributed by atoms with Crippen LogP contribution in [0.5, 0.6) is 0 Å². The van der Waals surface area contributed by atoms with E-state index < -0.39 is 0 Å². The second-order valence-corrected chi connectivity index (χ2v) is 6.86. The summed E-state index contributed by atoms with van der Waals surface area (Å²) in [6, 6.07) is 2.98. The van der Waals surface area contributed by atoms with Crippen LogP contribution in [0, 0.1) is 11.8 Å². The van der Waals surface area contributed by atoms with E-state index in [-0.39, 0.29) is 6.04 Å². The Balaban J connectivity index is 2.25. The van der Waals surface area contributed by atoms with Gasteiger partial charge in [0.2, 0.25) is 0 Å². The fourth-order valence-corrected chi connectivity index (χ4v) is 3.63. The van der Waals surface area contributed by atoms with Crippen molar-refractivity contribution in [3.8, 4) is 0 Å². The number of hydrogen-bond donors (Lipinski definition) is 1. The highest BCUT2D eigenvalue weighted by Gasteiger charge is 2.33. The van der Waals surface area contributed by atoms with Gasteiger partial charge in [-0.3, -0.25) is 9.88 Å². The lowest BCUT2D eigenvalue weighted by Gasteiger charge is -2.45. The van der Waals surface area contributed by atoms with E-state index in [1.165, 1.54) is 12.0 Å². The molecule has 0 spiro atoms. The number of nitrogens with two attached hydrogens (primary N) is 1. The maximum atomic E-state index is 6.05. The van der Waals surface area contributed by atoms with Gasteiger partial charge in [-0.2, -0.15) is 0 Å². The van der Waals surface area contributed by atoms with E-state index in [2.05, 4.69) is 52.7 Å². The van der Waals surface area contributed by atoms with Crippen molar-refractivity contribution in [2.75, 3.05) is 13.1 Å². The van der Waals surface area contributed by atoms with Crippen LogP contribution in [-0.4, -0.2) is 29.0 Å². The summed E-state index contributed by atoms with van der Waals surface area (Å²) in [4.78, 5) is 6.84. The molecule has 3 nitrogen and oxygen atoms in total. The molecule has 4 heteroatoms. The summed E-state index contributed by atoms with van der Waals surface area (Å²) in [6.45, 7) is 8.77. The lowest BCUT2D eigenvalue weighted by Crippen LogP contribution is -2.49. The van der Waals surface area contributed by atoms with Crippen molar-refractivity contribution in [1.82, 2.24) is 9.88 Å². The Labute approximate surface area is 124 Å². The van der Waals surface area contributed by atoms with Crippen LogP contribution in [0.1, 0.15) is 38.8 Å². The minimum absolute atomic E-state index is 0.269. The molecule has 1 aromatic heterocycles. The van der Waals surface area contributed by atoms with Crippen LogP contribution in [0.4, 0.5) is 0 Å². The molecule has 0 aliphatic carbocycles. The first-order valence-corrected chi connectivity index (χ1v) is 7.88. The fourth-order valence-electron chi connectivity index (χ4n) is 3.24. The number of nitrogens with zero attached hydrogens (tertiary/aromatic N) is 2. The molecule has 1 aliphatic rings. The van der Waals surface area contributed by atoms with Crippen LogP contribution >= 0.6 is 15.9 Å². The Morgan fingerprint density at radius 1 is 1.42 bits per heavy atom. The molecule has 1 fully saturated rings. The van der Waals surface area contributed by atoms with Gasteiger partial charge in [0.1, 0.15) is 0 Å². The van der Waals surface area contributed by atoms with Crippen molar-refractivity contribution < 1.29 is 0 Å². The molecule has 2 heterocycles. The standard InChI is InChI=1S/C15H24BrN3/c1-10-4-11(2)12(3)19(9-10)15(6-17)13-5-14(16)8-18-7-13/h5,7-8,10-12,15H,4,6,9,17H2,1-3H3. The van der Waals surface area contributed by atoms with E-state index in [9.17, 15) is 0 Å². The van der Waals surface area contributed by atoms with Crippen LogP contribution < -0.4 is 5.73 Å². The SMILES string of the molecule is CC1CC(C)C(C)N(C(CN)c2cncc(Br)c2)C1. The smallest absolute Gasteiger partial charge is 0.0489 e. The van der Waals surface area contributed by atoms with Gasteiger partial charge in [-0.25, -0.2) is 0 Å². The number of halogens is 1. The summed E-state index contributed by atoms with van der Waals surface area (Å²) >= 11 is 3.50. The maximum absolute atomic E-state index is 6.05. The summed E-state index contributed by atoms with van der Waals surface area (Å²) in [7, 11) is 0. The topological polar surface area (TPSA) is 42.1 Å². The number of rotatable bonds is 3. The van der Waals surface area contributed by atoms with Gasteiger partial charge in [0.05, 0.1) is 0 Å². The Kier molecular flexibility index (Phi) is 4.98. The Hall–Kier alpha value is -0.450. The number of aromatic nitrogens is 1. The second kappa shape index (κ2) is 6.33. The predicted molar refractivity (Wildman–Crippen MR) is 82.8 cm³/mol. The first-order valence-electron chi connectivity index (χ1n) is 7.09. The third kappa shape index (κ3) is 3.36. The minimum atomic E-state index is 0.269. The van der Waals surface area contributed by atoms with Gasteiger partial charge >= 0.3 is 0 Å². The summed E-state index contributed by atoms with van der Waals surface area (Å²) in [6.07, 6.45) is 5.08. The molecule has 2 rings (SSSR count). The van der Waals surface area contributed by atoms with Crippen LogP contribution in [0.2, 0.25) is 0 Å². The van der Waals surface area contributed by atoms with Gasteiger partial charge in [-0.05, 0) is 52.7 Å². The molecule has 0 bridgehead atoms. The molecule has 0 aromatic carbocycles. The van der Waals surface area contributed by atoms with Crippen molar-refractivity contribution >= 4 is 15.9 Å². The number of hydrogen-bond acceptors (Lipinski definition) is 3. The highest BCUT2D eigenvalue weighted by atomic mass is 79.9. The van der Waals surface area contributed by atoms with E-state index in [1.54, 1.807) is 0 Å². The lowest BCUT2D eigenvalue weighted by molar-refractivity contribution is 0.0423. The van der Waals surface area contributed by atoms with Gasteiger partial charge < -0.3 is 5.73 Å². The molecular formula is C15H24BrN3. The molecule has 1 aliphatic heterocycles. The van der Waals surface area contributed by atoms with E-state index >= 15 is 0 Å². The zero-order valence-corrected chi connectivity index (χ0v) is 13.6. The van der Waals surface area contributed by atoms with Crippen molar-refractivity contribution in [3.63, 3.8) is 0 Å². The van der Waals surface area contributed by atoms with Crippen LogP contribution in [0.15, 0.2) is 22.9 Å². The second-order valence-electron chi connectivity index (χ2n) is 5.94. The number of pyridine rings is 1. The lowest BCUT2D eigenvalue weighted by atomic mass is 9.84. The first-order chi connectivity index (χ1) is 9.02. The van der Waals surface area contributed by atoms with Crippen molar-refractivity contribution in [1.29, 1.82) is 0 Å². The Morgan fingerprint density at radius 3 is 2.79 bits per heavy atom. The average molecular weight is 326 g/mol. The van der Waals surface area contributed by atoms with Gasteiger partial charge in [0.15, 0.2) is 0 Å². The average Bonchev–Trinajstić information content (AvgIpc) is 2.36. The molecular weight excluding hydrogens is 302 g/mol. The molecule has 1 saturated heterocycles. The highest BCUT2D eigenvalue weighted by Crippen LogP contribution is 2.33. The van der Waals surface area contributed by atoms with Gasteiger partial charge in [-0.15, -0.1) is 0 Å². The van der Waals surface area contributed by atoms with Gasteiger partial charge in [-0.1, -0.05) is 13.8 Å². The quantitative estimate of drug-likeness (QED) is 0.927. The van der Waals surface area contributed by atoms with Crippen LogP contribution in [-0.2, 0) is 0 Å². The Bertz CT molecular complexity index is 424. The monoisotopic (exact) mass is 325 g/mol. The zero-order chi connectivity index (χ0) is 14.0. The van der Waals surface area contributed by atoms with Crippen molar-refractivity contribution in [2.24, 2.45) is 17.6 Å².